The average Bonchev–Trinajstić information content (AvgIpc) is 2.76. The van der Waals surface area contributed by atoms with Gasteiger partial charge in [0.1, 0.15) is 11.5 Å². The molecule has 1 N–H and O–H groups in total. The van der Waals surface area contributed by atoms with Crippen molar-refractivity contribution in [2.75, 3.05) is 19.5 Å². The Morgan fingerprint density at radius 3 is 2.50 bits per heavy atom. The van der Waals surface area contributed by atoms with Crippen LogP contribution in [0.15, 0.2) is 53.6 Å². The summed E-state index contributed by atoms with van der Waals surface area (Å²) in [6.07, 6.45) is 0.890. The largest absolute Gasteiger partial charge is 0.496 e. The zero-order chi connectivity index (χ0) is 22.0. The van der Waals surface area contributed by atoms with E-state index in [9.17, 15) is 4.79 Å². The molecule has 1 unspecified atom stereocenters. The minimum Gasteiger partial charge on any atom is -0.496 e. The van der Waals surface area contributed by atoms with E-state index in [-0.39, 0.29) is 5.91 Å². The number of rotatable bonds is 11. The van der Waals surface area contributed by atoms with Crippen LogP contribution in [0.4, 0.5) is 0 Å². The van der Waals surface area contributed by atoms with Gasteiger partial charge < -0.3 is 13.8 Å². The van der Waals surface area contributed by atoms with E-state index in [0.29, 0.717) is 29.4 Å². The Kier molecular flexibility index (Phi) is 9.85. The van der Waals surface area contributed by atoms with E-state index in [0.717, 1.165) is 17.7 Å². The van der Waals surface area contributed by atoms with Gasteiger partial charge >= 0.3 is 0 Å². The molecule has 0 radical (unpaired) electrons. The smallest absolute Gasteiger partial charge is 0.297 e. The second-order valence-corrected chi connectivity index (χ2v) is 12.7. The Morgan fingerprint density at radius 2 is 1.87 bits per heavy atom. The van der Waals surface area contributed by atoms with Crippen LogP contribution in [-0.2, 0) is 16.3 Å². The highest BCUT2D eigenvalue weighted by Gasteiger charge is 2.20. The average molecular weight is 467 g/mol. The molecule has 30 heavy (non-hydrogen) atoms. The van der Waals surface area contributed by atoms with Gasteiger partial charge in [-0.15, -0.1) is 0 Å². The molecular weight excluding hydrogens is 439 g/mol. The highest BCUT2D eigenvalue weighted by molar-refractivity contribution is 8.68. The van der Waals surface area contributed by atoms with Crippen molar-refractivity contribution in [3.63, 3.8) is 0 Å². The van der Waals surface area contributed by atoms with Crippen LogP contribution in [0.25, 0.3) is 0 Å². The minimum absolute atomic E-state index is 0.336. The Balaban J connectivity index is 2.06. The van der Waals surface area contributed by atoms with Crippen LogP contribution in [0.5, 0.6) is 11.5 Å². The fourth-order valence-corrected chi connectivity index (χ4v) is 6.95. The van der Waals surface area contributed by atoms with Gasteiger partial charge in [0.15, 0.2) is 0 Å². The number of nitrogens with zero attached hydrogens (tertiary/aromatic N) is 1. The third-order valence-electron chi connectivity index (χ3n) is 3.91. The molecule has 0 fully saturated rings. The van der Waals surface area contributed by atoms with E-state index in [1.54, 1.807) is 24.3 Å². The van der Waals surface area contributed by atoms with Gasteiger partial charge in [0.2, 0.25) is 0 Å². The Labute approximate surface area is 187 Å². The number of benzene rings is 2. The molecule has 0 aromatic heterocycles. The molecule has 162 valence electrons. The first-order valence-electron chi connectivity index (χ1n) is 9.59. The van der Waals surface area contributed by atoms with Crippen LogP contribution in [-0.4, -0.2) is 31.1 Å². The fourth-order valence-electron chi connectivity index (χ4n) is 2.43. The molecule has 0 aliphatic carbocycles. The predicted octanol–water partition coefficient (Wildman–Crippen LogP) is 5.63. The summed E-state index contributed by atoms with van der Waals surface area (Å²) in [5.41, 5.74) is 2.09. The second-order valence-electron chi connectivity index (χ2n) is 6.15. The molecule has 0 saturated carbocycles. The first-order chi connectivity index (χ1) is 14.4. The van der Waals surface area contributed by atoms with Crippen molar-refractivity contribution in [3.05, 3.63) is 59.7 Å². The molecule has 0 heterocycles. The number of carbonyl (C=O) groups is 1. The topological polar surface area (TPSA) is 69.2 Å². The van der Waals surface area contributed by atoms with Crippen molar-refractivity contribution in [3.8, 4) is 11.5 Å². The molecular formula is C21H27N2O4PS2. The highest BCUT2D eigenvalue weighted by atomic mass is 32.9. The summed E-state index contributed by atoms with van der Waals surface area (Å²) in [4.78, 5) is 12.4. The van der Waals surface area contributed by atoms with Crippen LogP contribution < -0.4 is 14.7 Å². The van der Waals surface area contributed by atoms with Crippen LogP contribution in [0.3, 0.4) is 0 Å². The van der Waals surface area contributed by atoms with Crippen LogP contribution >= 0.6 is 17.1 Å². The summed E-state index contributed by atoms with van der Waals surface area (Å²) in [6.45, 7) is 6.48. The summed E-state index contributed by atoms with van der Waals surface area (Å²) in [7, 11) is 1.52. The first-order valence-corrected chi connectivity index (χ1v) is 13.8. The van der Waals surface area contributed by atoms with E-state index in [2.05, 4.69) is 10.5 Å². The van der Waals surface area contributed by atoms with Crippen LogP contribution in [0.1, 0.15) is 43.1 Å². The van der Waals surface area contributed by atoms with Gasteiger partial charge in [-0.3, -0.25) is 4.79 Å². The second kappa shape index (κ2) is 12.1. The predicted molar refractivity (Wildman–Crippen MR) is 128 cm³/mol. The van der Waals surface area contributed by atoms with Gasteiger partial charge in [-0.05, 0) is 67.1 Å². The fraction of sp³-hybridized carbons (Fsp3) is 0.333. The third kappa shape index (κ3) is 7.13. The number of methoxy groups -OCH3 is 1. The number of amides is 1. The van der Waals surface area contributed by atoms with Gasteiger partial charge in [0, 0.05) is 5.75 Å². The lowest BCUT2D eigenvalue weighted by Gasteiger charge is -2.21. The number of para-hydroxylation sites is 1. The van der Waals surface area contributed by atoms with E-state index in [1.165, 1.54) is 18.5 Å². The van der Waals surface area contributed by atoms with Gasteiger partial charge in [-0.2, -0.15) is 5.10 Å². The molecule has 0 aliphatic heterocycles. The molecule has 6 nitrogen and oxygen atoms in total. The van der Waals surface area contributed by atoms with Crippen molar-refractivity contribution in [1.82, 2.24) is 5.43 Å². The summed E-state index contributed by atoms with van der Waals surface area (Å²) < 4.78 is 17.0. The van der Waals surface area contributed by atoms with Gasteiger partial charge in [0.25, 0.3) is 11.6 Å². The lowest BCUT2D eigenvalue weighted by Crippen LogP contribution is -2.20. The van der Waals surface area contributed by atoms with Crippen molar-refractivity contribution < 1.29 is 18.6 Å². The Bertz CT molecular complexity index is 919. The number of ether oxygens (including phenoxy) is 1. The molecule has 1 amide bonds. The maximum atomic E-state index is 12.4. The number of carbonyl (C=O) groups excluding carboxylic acids is 1. The molecule has 1 atom stereocenters. The number of hydrogen-bond donors (Lipinski definition) is 1. The van der Waals surface area contributed by atoms with Gasteiger partial charge in [0.05, 0.1) is 25.0 Å². The molecule has 9 heteroatoms. The third-order valence-corrected chi connectivity index (χ3v) is 9.17. The molecule has 0 aliphatic rings. The molecule has 0 bridgehead atoms. The molecule has 2 aromatic rings. The van der Waals surface area contributed by atoms with E-state index in [1.807, 2.05) is 45.0 Å². The van der Waals surface area contributed by atoms with Gasteiger partial charge in [-0.25, -0.2) is 5.43 Å². The lowest BCUT2D eigenvalue weighted by atomic mass is 10.1. The lowest BCUT2D eigenvalue weighted by molar-refractivity contribution is 0.0952. The van der Waals surface area contributed by atoms with E-state index < -0.39 is 5.69 Å². The summed E-state index contributed by atoms with van der Waals surface area (Å²) in [5.74, 6) is 1.65. The Hall–Kier alpha value is -1.86. The first kappa shape index (κ1) is 24.4. The standard InChI is InChI=1S/C21H27N2O4PS2/c1-5-15-26-28(29,30-6-2)27-18-13-11-17(12-14-18)16(3)22-23-21(24)19-9-7-8-10-20(19)25-4/h7-14H,5-6,15H2,1-4H3,(H,23,24). The van der Waals surface area contributed by atoms with Gasteiger partial charge in [-0.1, -0.05) is 37.4 Å². The monoisotopic (exact) mass is 466 g/mol. The summed E-state index contributed by atoms with van der Waals surface area (Å²) in [6, 6.07) is 14.4. The zero-order valence-corrected chi connectivity index (χ0v) is 20.1. The van der Waals surface area contributed by atoms with Crippen molar-refractivity contribution in [1.29, 1.82) is 0 Å². The van der Waals surface area contributed by atoms with Crippen LogP contribution in [0, 0.1) is 0 Å². The number of hydrazone groups is 1. The summed E-state index contributed by atoms with van der Waals surface area (Å²) >= 11 is 7.15. The Morgan fingerprint density at radius 1 is 1.17 bits per heavy atom. The maximum absolute atomic E-state index is 12.4. The minimum atomic E-state index is -2.41. The highest BCUT2D eigenvalue weighted by Crippen LogP contribution is 2.60. The number of nitrogens with one attached hydrogen (secondary N) is 1. The SMILES string of the molecule is CCCOP(=S)(Oc1ccc(C(C)=NNC(=O)c2ccccc2OC)cc1)SCC. The summed E-state index contributed by atoms with van der Waals surface area (Å²) in [5, 5.41) is 4.20. The van der Waals surface area contributed by atoms with Crippen molar-refractivity contribution in [2.24, 2.45) is 5.10 Å². The molecule has 0 saturated heterocycles. The molecule has 0 spiro atoms. The molecule has 2 rings (SSSR count). The molecule has 2 aromatic carbocycles. The maximum Gasteiger partial charge on any atom is 0.297 e. The van der Waals surface area contributed by atoms with E-state index in [4.69, 9.17) is 25.6 Å². The normalized spacial score (nSPS) is 13.4. The van der Waals surface area contributed by atoms with Crippen molar-refractivity contribution >= 4 is 40.5 Å². The van der Waals surface area contributed by atoms with E-state index >= 15 is 0 Å². The van der Waals surface area contributed by atoms with Crippen LogP contribution in [0.2, 0.25) is 0 Å². The quantitative estimate of drug-likeness (QED) is 0.263. The zero-order valence-electron chi connectivity index (χ0n) is 17.6. The number of hydrogen-bond acceptors (Lipinski definition) is 7. The van der Waals surface area contributed by atoms with Crippen molar-refractivity contribution in [2.45, 2.75) is 27.2 Å².